The predicted octanol–water partition coefficient (Wildman–Crippen LogP) is 4.30. The third-order valence-corrected chi connectivity index (χ3v) is 3.94. The van der Waals surface area contributed by atoms with Gasteiger partial charge in [0.2, 0.25) is 0 Å². The summed E-state index contributed by atoms with van der Waals surface area (Å²) in [4.78, 5) is 0. The van der Waals surface area contributed by atoms with Gasteiger partial charge in [0.05, 0.1) is 19.3 Å². The average molecular weight is 370 g/mol. The highest BCUT2D eigenvalue weighted by Crippen LogP contribution is 2.17. The van der Waals surface area contributed by atoms with Gasteiger partial charge in [0.25, 0.3) is 0 Å². The molecule has 2 N–H and O–H groups in total. The zero-order chi connectivity index (χ0) is 16.7. The van der Waals surface area contributed by atoms with Crippen LogP contribution in [0.4, 0.5) is 0 Å². The smallest absolute Gasteiger partial charge is 0.0898 e. The summed E-state index contributed by atoms with van der Waals surface area (Å²) in [5, 5.41) is 14.0. The number of halogens is 2. The lowest BCUT2D eigenvalue weighted by Gasteiger charge is -2.18. The molecule has 24 heavy (non-hydrogen) atoms. The first kappa shape index (κ1) is 20.9. The van der Waals surface area contributed by atoms with Gasteiger partial charge in [0.15, 0.2) is 0 Å². The Kier molecular flexibility index (Phi) is 9.34. The van der Waals surface area contributed by atoms with Gasteiger partial charge in [-0.25, -0.2) is 0 Å². The molecule has 2 unspecified atom stereocenters. The van der Waals surface area contributed by atoms with Gasteiger partial charge in [-0.2, -0.15) is 0 Å². The molecule has 0 aromatic heterocycles. The number of hydrogen-bond donors (Lipinski definition) is 2. The summed E-state index contributed by atoms with van der Waals surface area (Å²) >= 11 is 5.99. The Hall–Kier alpha value is -1.10. The molecule has 0 saturated carbocycles. The zero-order valence-electron chi connectivity index (χ0n) is 14.0. The zero-order valence-corrected chi connectivity index (χ0v) is 15.6. The Bertz CT molecular complexity index is 605. The van der Waals surface area contributed by atoms with Crippen molar-refractivity contribution >= 4 is 24.0 Å². The van der Waals surface area contributed by atoms with Crippen LogP contribution in [0.15, 0.2) is 48.5 Å². The van der Waals surface area contributed by atoms with E-state index in [4.69, 9.17) is 16.3 Å². The van der Waals surface area contributed by atoms with Crippen molar-refractivity contribution in [3.8, 4) is 0 Å². The topological polar surface area (TPSA) is 41.5 Å². The normalized spacial score (nSPS) is 13.2. The van der Waals surface area contributed by atoms with E-state index in [-0.39, 0.29) is 18.4 Å². The molecule has 0 amide bonds. The van der Waals surface area contributed by atoms with Crippen LogP contribution in [0.3, 0.4) is 0 Å². The second-order valence-corrected chi connectivity index (χ2v) is 6.28. The van der Waals surface area contributed by atoms with Crippen molar-refractivity contribution in [3.05, 3.63) is 70.2 Å². The van der Waals surface area contributed by atoms with Gasteiger partial charge in [-0.05, 0) is 37.1 Å². The van der Waals surface area contributed by atoms with Crippen LogP contribution in [0.1, 0.15) is 29.7 Å². The molecule has 2 aromatic rings. The van der Waals surface area contributed by atoms with E-state index >= 15 is 0 Å². The van der Waals surface area contributed by atoms with Crippen LogP contribution in [-0.4, -0.2) is 24.4 Å². The second kappa shape index (κ2) is 10.7. The highest BCUT2D eigenvalue weighted by Gasteiger charge is 2.09. The van der Waals surface area contributed by atoms with E-state index in [1.54, 1.807) is 0 Å². The Labute approximate surface area is 155 Å². The maximum atomic E-state index is 10.0. The number of aliphatic hydroxyl groups is 1. The van der Waals surface area contributed by atoms with E-state index in [1.807, 2.05) is 43.3 Å². The molecule has 0 aliphatic heterocycles. The molecule has 2 atom stereocenters. The molecule has 0 spiro atoms. The summed E-state index contributed by atoms with van der Waals surface area (Å²) in [5.41, 5.74) is 3.45. The van der Waals surface area contributed by atoms with Crippen molar-refractivity contribution in [1.29, 1.82) is 0 Å². The van der Waals surface area contributed by atoms with Gasteiger partial charge in [0, 0.05) is 17.6 Å². The van der Waals surface area contributed by atoms with Gasteiger partial charge in [-0.3, -0.25) is 0 Å². The van der Waals surface area contributed by atoms with E-state index in [2.05, 4.69) is 24.4 Å². The number of nitrogens with one attached hydrogen (secondary N) is 1. The minimum absolute atomic E-state index is 0. The maximum Gasteiger partial charge on any atom is 0.0898 e. The number of hydrogen-bond acceptors (Lipinski definition) is 3. The Balaban J connectivity index is 0.00000288. The van der Waals surface area contributed by atoms with E-state index in [0.29, 0.717) is 19.8 Å². The fraction of sp³-hybridized carbons (Fsp3) is 0.368. The molecule has 132 valence electrons. The number of aryl methyl sites for hydroxylation is 1. The Morgan fingerprint density at radius 1 is 1.17 bits per heavy atom. The largest absolute Gasteiger partial charge is 0.389 e. The Morgan fingerprint density at radius 2 is 1.88 bits per heavy atom. The number of rotatable bonds is 8. The summed E-state index contributed by atoms with van der Waals surface area (Å²) in [5.74, 6) is 0. The third kappa shape index (κ3) is 7.20. The molecule has 0 aliphatic rings. The summed E-state index contributed by atoms with van der Waals surface area (Å²) < 4.78 is 5.57. The molecule has 0 radical (unpaired) electrons. The lowest BCUT2D eigenvalue weighted by molar-refractivity contribution is 0.0278. The quantitative estimate of drug-likeness (QED) is 0.728. The van der Waals surface area contributed by atoms with E-state index in [1.165, 1.54) is 5.56 Å². The standard InChI is InChI=1S/C19H24ClNO2.ClH/c1-14-6-8-16(9-7-14)12-23-13-19(22)11-21-15(2)17-4-3-5-18(20)10-17;/h3-10,15,19,21-22H,11-13H2,1-2H3;1H. The van der Waals surface area contributed by atoms with Gasteiger partial charge < -0.3 is 15.2 Å². The molecule has 0 heterocycles. The van der Waals surface area contributed by atoms with Gasteiger partial charge in [-0.15, -0.1) is 12.4 Å². The molecule has 0 saturated heterocycles. The summed E-state index contributed by atoms with van der Waals surface area (Å²) in [6, 6.07) is 16.1. The van der Waals surface area contributed by atoms with E-state index in [0.717, 1.165) is 16.1 Å². The average Bonchev–Trinajstić information content (AvgIpc) is 2.54. The summed E-state index contributed by atoms with van der Waals surface area (Å²) in [7, 11) is 0. The van der Waals surface area contributed by atoms with Gasteiger partial charge >= 0.3 is 0 Å². The SMILES string of the molecule is Cc1ccc(COCC(O)CNC(C)c2cccc(Cl)c2)cc1.Cl. The highest BCUT2D eigenvalue weighted by molar-refractivity contribution is 6.30. The first-order valence-electron chi connectivity index (χ1n) is 7.85. The fourth-order valence-corrected chi connectivity index (χ4v) is 2.46. The van der Waals surface area contributed by atoms with E-state index < -0.39 is 6.10 Å². The van der Waals surface area contributed by atoms with Crippen molar-refractivity contribution in [1.82, 2.24) is 5.32 Å². The number of ether oxygens (including phenoxy) is 1. The van der Waals surface area contributed by atoms with Crippen molar-refractivity contribution in [2.45, 2.75) is 32.6 Å². The molecule has 0 fully saturated rings. The second-order valence-electron chi connectivity index (χ2n) is 5.84. The van der Waals surface area contributed by atoms with Crippen molar-refractivity contribution in [3.63, 3.8) is 0 Å². The van der Waals surface area contributed by atoms with Crippen LogP contribution in [0.5, 0.6) is 0 Å². The summed E-state index contributed by atoms with van der Waals surface area (Å²) in [6.07, 6.45) is -0.540. The fourth-order valence-electron chi connectivity index (χ4n) is 2.26. The van der Waals surface area contributed by atoms with Crippen LogP contribution >= 0.6 is 24.0 Å². The molecule has 3 nitrogen and oxygen atoms in total. The molecule has 2 aromatic carbocycles. The monoisotopic (exact) mass is 369 g/mol. The van der Waals surface area contributed by atoms with Crippen molar-refractivity contribution in [2.24, 2.45) is 0 Å². The van der Waals surface area contributed by atoms with Crippen molar-refractivity contribution < 1.29 is 9.84 Å². The van der Waals surface area contributed by atoms with Crippen LogP contribution in [0.25, 0.3) is 0 Å². The first-order valence-corrected chi connectivity index (χ1v) is 8.22. The number of benzene rings is 2. The highest BCUT2D eigenvalue weighted by atomic mass is 35.5. The molecule has 0 bridgehead atoms. The van der Waals surface area contributed by atoms with Gasteiger partial charge in [-0.1, -0.05) is 53.6 Å². The summed E-state index contributed by atoms with van der Waals surface area (Å²) in [6.45, 7) is 5.40. The minimum atomic E-state index is -0.540. The molecule has 2 rings (SSSR count). The Morgan fingerprint density at radius 3 is 2.54 bits per heavy atom. The predicted molar refractivity (Wildman–Crippen MR) is 102 cm³/mol. The van der Waals surface area contributed by atoms with Crippen LogP contribution in [0.2, 0.25) is 5.02 Å². The van der Waals surface area contributed by atoms with Gasteiger partial charge in [0.1, 0.15) is 0 Å². The number of aliphatic hydroxyl groups excluding tert-OH is 1. The lowest BCUT2D eigenvalue weighted by atomic mass is 10.1. The third-order valence-electron chi connectivity index (χ3n) is 3.71. The lowest BCUT2D eigenvalue weighted by Crippen LogP contribution is -2.32. The molecular weight excluding hydrogens is 345 g/mol. The molecule has 5 heteroatoms. The molecular formula is C19H25Cl2NO2. The van der Waals surface area contributed by atoms with Crippen LogP contribution in [0, 0.1) is 6.92 Å². The van der Waals surface area contributed by atoms with Crippen molar-refractivity contribution in [2.75, 3.05) is 13.2 Å². The maximum absolute atomic E-state index is 10.0. The van der Waals surface area contributed by atoms with Crippen LogP contribution < -0.4 is 5.32 Å². The minimum Gasteiger partial charge on any atom is -0.389 e. The first-order chi connectivity index (χ1) is 11.0. The van der Waals surface area contributed by atoms with E-state index in [9.17, 15) is 5.11 Å². The van der Waals surface area contributed by atoms with Crippen LogP contribution in [-0.2, 0) is 11.3 Å². The molecule has 0 aliphatic carbocycles.